The normalized spacial score (nSPS) is 11.4. The van der Waals surface area contributed by atoms with Crippen molar-refractivity contribution >= 4 is 11.6 Å². The summed E-state index contributed by atoms with van der Waals surface area (Å²) in [6, 6.07) is 1.72. The second-order valence-electron chi connectivity index (χ2n) is 4.82. The van der Waals surface area contributed by atoms with Crippen LogP contribution in [-0.2, 0) is 11.3 Å². The van der Waals surface area contributed by atoms with E-state index >= 15 is 0 Å². The summed E-state index contributed by atoms with van der Waals surface area (Å²) >= 11 is 0. The van der Waals surface area contributed by atoms with Crippen LogP contribution in [0.4, 0.5) is 11.6 Å². The summed E-state index contributed by atoms with van der Waals surface area (Å²) in [4.78, 5) is 8.57. The molecule has 0 saturated carbocycles. The Kier molecular flexibility index (Phi) is 5.94. The largest absolute Gasteiger partial charge is 0.396 e. The van der Waals surface area contributed by atoms with Gasteiger partial charge < -0.3 is 20.6 Å². The van der Waals surface area contributed by atoms with Crippen LogP contribution in [0.2, 0.25) is 0 Å². The maximum atomic E-state index is 9.03. The summed E-state index contributed by atoms with van der Waals surface area (Å²) in [7, 11) is 0. The lowest BCUT2D eigenvalue weighted by atomic mass is 10.0. The molecule has 0 fully saturated rings. The highest BCUT2D eigenvalue weighted by Gasteiger charge is 2.18. The third-order valence-electron chi connectivity index (χ3n) is 2.56. The Morgan fingerprint density at radius 2 is 2.05 bits per heavy atom. The molecule has 0 spiro atoms. The number of aliphatic hydroxyl groups is 1. The fourth-order valence-electron chi connectivity index (χ4n) is 1.58. The average Bonchev–Trinajstić information content (AvgIpc) is 2.35. The number of anilines is 2. The molecule has 0 bridgehead atoms. The van der Waals surface area contributed by atoms with Crippen LogP contribution in [0.25, 0.3) is 0 Å². The van der Waals surface area contributed by atoms with E-state index < -0.39 is 0 Å². The van der Waals surface area contributed by atoms with E-state index in [0.717, 1.165) is 0 Å². The third-order valence-corrected chi connectivity index (χ3v) is 2.56. The minimum absolute atomic E-state index is 0.110. The maximum Gasteiger partial charge on any atom is 0.158 e. The van der Waals surface area contributed by atoms with Crippen LogP contribution in [0.15, 0.2) is 6.07 Å². The van der Waals surface area contributed by atoms with Crippen LogP contribution >= 0.6 is 0 Å². The first kappa shape index (κ1) is 15.6. The maximum absolute atomic E-state index is 9.03. The molecule has 0 amide bonds. The molecule has 0 aliphatic rings. The second-order valence-corrected chi connectivity index (χ2v) is 4.82. The van der Waals surface area contributed by atoms with Crippen molar-refractivity contribution in [2.45, 2.75) is 39.3 Å². The van der Waals surface area contributed by atoms with Gasteiger partial charge in [0, 0.05) is 24.8 Å². The predicted molar refractivity (Wildman–Crippen MR) is 74.6 cm³/mol. The zero-order valence-electron chi connectivity index (χ0n) is 11.7. The minimum Gasteiger partial charge on any atom is -0.396 e. The van der Waals surface area contributed by atoms with Gasteiger partial charge in [0.15, 0.2) is 5.82 Å². The molecule has 1 rings (SSSR count). The molecule has 0 atom stereocenters. The van der Waals surface area contributed by atoms with Crippen LogP contribution in [0.5, 0.6) is 0 Å². The summed E-state index contributed by atoms with van der Waals surface area (Å²) in [6.07, 6.45) is 0.614. The molecule has 7 nitrogen and oxygen atoms in total. The summed E-state index contributed by atoms with van der Waals surface area (Å²) in [5, 5.41) is 12.3. The van der Waals surface area contributed by atoms with Gasteiger partial charge >= 0.3 is 0 Å². The second kappa shape index (κ2) is 7.22. The molecule has 0 aliphatic carbocycles. The Labute approximate surface area is 113 Å². The van der Waals surface area contributed by atoms with Crippen molar-refractivity contribution in [3.05, 3.63) is 11.9 Å². The molecule has 0 radical (unpaired) electrons. The number of nitrogens with one attached hydrogen (secondary N) is 2. The molecule has 1 heterocycles. The van der Waals surface area contributed by atoms with Crippen molar-refractivity contribution in [1.29, 1.82) is 0 Å². The molecule has 108 valence electrons. The summed E-state index contributed by atoms with van der Waals surface area (Å²) in [6.45, 7) is 6.93. The van der Waals surface area contributed by atoms with Gasteiger partial charge in [-0.05, 0) is 27.2 Å². The Hall–Kier alpha value is -1.44. The van der Waals surface area contributed by atoms with Gasteiger partial charge in [-0.1, -0.05) is 0 Å². The first-order chi connectivity index (χ1) is 9.00. The van der Waals surface area contributed by atoms with Gasteiger partial charge in [-0.15, -0.1) is 0 Å². The summed E-state index contributed by atoms with van der Waals surface area (Å²) < 4.78 is 5.29. The van der Waals surface area contributed by atoms with E-state index in [9.17, 15) is 0 Å². The molecule has 0 aromatic carbocycles. The van der Waals surface area contributed by atoms with Crippen molar-refractivity contribution in [1.82, 2.24) is 9.97 Å². The molecule has 7 heteroatoms. The number of nitrogens with zero attached hydrogens (tertiary/aromatic N) is 2. The van der Waals surface area contributed by atoms with Crippen LogP contribution in [-0.4, -0.2) is 33.8 Å². The fourth-order valence-corrected chi connectivity index (χ4v) is 1.58. The van der Waals surface area contributed by atoms with E-state index in [0.29, 0.717) is 37.1 Å². The minimum atomic E-state index is -0.266. The van der Waals surface area contributed by atoms with Gasteiger partial charge in [0.05, 0.1) is 0 Å². The number of hydrazine groups is 1. The lowest BCUT2D eigenvalue weighted by Gasteiger charge is -2.26. The van der Waals surface area contributed by atoms with Crippen LogP contribution in [0.3, 0.4) is 0 Å². The number of aliphatic hydroxyl groups excluding tert-OH is 1. The highest BCUT2D eigenvalue weighted by Crippen LogP contribution is 2.18. The number of hydrogen-bond donors (Lipinski definition) is 4. The third kappa shape index (κ3) is 5.37. The molecule has 1 aromatic heterocycles. The predicted octanol–water partition coefficient (Wildman–Crippen LogP) is 0.872. The Morgan fingerprint density at radius 3 is 2.63 bits per heavy atom. The van der Waals surface area contributed by atoms with Gasteiger partial charge in [0.25, 0.3) is 0 Å². The van der Waals surface area contributed by atoms with Crippen molar-refractivity contribution < 1.29 is 9.84 Å². The quantitative estimate of drug-likeness (QED) is 0.410. The van der Waals surface area contributed by atoms with E-state index in [1.807, 2.05) is 20.8 Å². The average molecular weight is 269 g/mol. The van der Waals surface area contributed by atoms with Crippen molar-refractivity contribution in [2.24, 2.45) is 5.84 Å². The van der Waals surface area contributed by atoms with Gasteiger partial charge in [-0.25, -0.2) is 15.8 Å². The number of aromatic nitrogens is 2. The Bertz CT molecular complexity index is 398. The van der Waals surface area contributed by atoms with Crippen LogP contribution in [0.1, 0.15) is 33.0 Å². The SMILES string of the molecule is CCOCc1nc(NN)cc(NC(C)(C)CCO)n1. The number of nitrogen functional groups attached to an aromatic ring is 1. The van der Waals surface area contributed by atoms with Crippen molar-refractivity contribution in [2.75, 3.05) is 24.0 Å². The lowest BCUT2D eigenvalue weighted by Crippen LogP contribution is -2.32. The van der Waals surface area contributed by atoms with Gasteiger partial charge in [-0.3, -0.25) is 0 Å². The number of ether oxygens (including phenoxy) is 1. The highest BCUT2D eigenvalue weighted by atomic mass is 16.5. The van der Waals surface area contributed by atoms with Crippen LogP contribution in [0, 0.1) is 0 Å². The monoisotopic (exact) mass is 269 g/mol. The van der Waals surface area contributed by atoms with E-state index in [1.165, 1.54) is 0 Å². The smallest absolute Gasteiger partial charge is 0.158 e. The Morgan fingerprint density at radius 1 is 1.37 bits per heavy atom. The topological polar surface area (TPSA) is 105 Å². The molecule has 0 aliphatic heterocycles. The zero-order chi connectivity index (χ0) is 14.3. The molecule has 0 unspecified atom stereocenters. The molecular formula is C12H23N5O2. The summed E-state index contributed by atoms with van der Waals surface area (Å²) in [5.74, 6) is 7.11. The molecule has 19 heavy (non-hydrogen) atoms. The number of rotatable bonds is 8. The highest BCUT2D eigenvalue weighted by molar-refractivity contribution is 5.48. The molecule has 0 saturated heterocycles. The van der Waals surface area contributed by atoms with Gasteiger partial charge in [0.1, 0.15) is 18.2 Å². The van der Waals surface area contributed by atoms with Gasteiger partial charge in [-0.2, -0.15) is 0 Å². The number of nitrogens with two attached hydrogens (primary N) is 1. The molecule has 5 N–H and O–H groups in total. The van der Waals surface area contributed by atoms with E-state index in [-0.39, 0.29) is 12.1 Å². The van der Waals surface area contributed by atoms with E-state index in [4.69, 9.17) is 15.7 Å². The van der Waals surface area contributed by atoms with E-state index in [2.05, 4.69) is 20.7 Å². The molecule has 1 aromatic rings. The van der Waals surface area contributed by atoms with Crippen molar-refractivity contribution in [3.8, 4) is 0 Å². The van der Waals surface area contributed by atoms with Crippen LogP contribution < -0.4 is 16.6 Å². The Balaban J connectivity index is 2.87. The standard InChI is InChI=1S/C12H23N5O2/c1-4-19-8-11-14-9(7-10(15-11)17-13)16-12(2,3)5-6-18/h7,18H,4-6,8,13H2,1-3H3,(H2,14,15,16,17). The zero-order valence-corrected chi connectivity index (χ0v) is 11.7. The first-order valence-electron chi connectivity index (χ1n) is 6.32. The first-order valence-corrected chi connectivity index (χ1v) is 6.32. The van der Waals surface area contributed by atoms with E-state index in [1.54, 1.807) is 6.07 Å². The molecular weight excluding hydrogens is 246 g/mol. The fraction of sp³-hybridized carbons (Fsp3) is 0.667. The summed E-state index contributed by atoms with van der Waals surface area (Å²) in [5.41, 5.74) is 2.24. The van der Waals surface area contributed by atoms with Crippen molar-refractivity contribution in [3.63, 3.8) is 0 Å². The number of hydrogen-bond acceptors (Lipinski definition) is 7. The van der Waals surface area contributed by atoms with Gasteiger partial charge in [0.2, 0.25) is 0 Å². The lowest BCUT2D eigenvalue weighted by molar-refractivity contribution is 0.128.